The fourth-order valence-corrected chi connectivity index (χ4v) is 2.59. The summed E-state index contributed by atoms with van der Waals surface area (Å²) >= 11 is 0. The monoisotopic (exact) mass is 339 g/mol. The van der Waals surface area contributed by atoms with Crippen LogP contribution in [0.25, 0.3) is 0 Å². The number of anilines is 1. The quantitative estimate of drug-likeness (QED) is 0.815. The lowest BCUT2D eigenvalue weighted by atomic mass is 10.1. The smallest absolute Gasteiger partial charge is 0.251 e. The fraction of sp³-hybridized carbons (Fsp3) is 0.300. The Balaban J connectivity index is 1.87. The molecule has 0 aromatic heterocycles. The predicted molar refractivity (Wildman–Crippen MR) is 101 cm³/mol. The summed E-state index contributed by atoms with van der Waals surface area (Å²) in [4.78, 5) is 25.7. The molecule has 0 saturated carbocycles. The number of rotatable bonds is 7. The first kappa shape index (κ1) is 18.7. The van der Waals surface area contributed by atoms with Crippen molar-refractivity contribution in [1.29, 1.82) is 0 Å². The first-order chi connectivity index (χ1) is 12.0. The van der Waals surface area contributed by atoms with Crippen LogP contribution in [0.2, 0.25) is 0 Å². The summed E-state index contributed by atoms with van der Waals surface area (Å²) in [5.41, 5.74) is 3.70. The van der Waals surface area contributed by atoms with Gasteiger partial charge in [0.2, 0.25) is 5.91 Å². The van der Waals surface area contributed by atoms with E-state index < -0.39 is 0 Å². The van der Waals surface area contributed by atoms with Crippen molar-refractivity contribution in [3.05, 3.63) is 65.2 Å². The van der Waals surface area contributed by atoms with Crippen molar-refractivity contribution in [3.63, 3.8) is 0 Å². The molecule has 0 aliphatic rings. The molecule has 2 rings (SSSR count). The molecule has 2 amide bonds. The molecule has 2 N–H and O–H groups in total. The average Bonchev–Trinajstić information content (AvgIpc) is 2.61. The molecule has 0 atom stereocenters. The first-order valence-electron chi connectivity index (χ1n) is 8.40. The van der Waals surface area contributed by atoms with Crippen molar-refractivity contribution in [3.8, 4) is 0 Å². The Labute approximate surface area is 149 Å². The number of hydrogen-bond donors (Lipinski definition) is 2. The van der Waals surface area contributed by atoms with Crippen LogP contribution in [-0.4, -0.2) is 37.4 Å². The average molecular weight is 339 g/mol. The number of likely N-dealkylation sites (N-methyl/N-ethyl adjacent to an activating group) is 1. The Kier molecular flexibility index (Phi) is 6.71. The Morgan fingerprint density at radius 2 is 1.76 bits per heavy atom. The molecule has 0 heterocycles. The van der Waals surface area contributed by atoms with E-state index in [1.807, 2.05) is 48.3 Å². The third kappa shape index (κ3) is 5.72. The van der Waals surface area contributed by atoms with Crippen molar-refractivity contribution in [2.24, 2.45) is 0 Å². The topological polar surface area (TPSA) is 61.4 Å². The highest BCUT2D eigenvalue weighted by molar-refractivity contribution is 5.94. The maximum Gasteiger partial charge on any atom is 0.251 e. The lowest BCUT2D eigenvalue weighted by molar-refractivity contribution is -0.117. The lowest BCUT2D eigenvalue weighted by Crippen LogP contribution is -2.29. The van der Waals surface area contributed by atoms with Crippen LogP contribution in [-0.2, 0) is 17.8 Å². The van der Waals surface area contributed by atoms with Gasteiger partial charge in [-0.25, -0.2) is 0 Å². The van der Waals surface area contributed by atoms with Crippen LogP contribution in [0.4, 0.5) is 5.69 Å². The Bertz CT molecular complexity index is 726. The Morgan fingerprint density at radius 3 is 2.40 bits per heavy atom. The zero-order valence-corrected chi connectivity index (χ0v) is 15.0. The largest absolute Gasteiger partial charge is 0.355 e. The fourth-order valence-electron chi connectivity index (χ4n) is 2.59. The number of nitrogens with one attached hydrogen (secondary N) is 2. The molecule has 25 heavy (non-hydrogen) atoms. The summed E-state index contributed by atoms with van der Waals surface area (Å²) in [6, 6.07) is 15.3. The minimum Gasteiger partial charge on any atom is -0.355 e. The second-order valence-electron chi connectivity index (χ2n) is 6.05. The molecule has 2 aromatic rings. The SMILES string of the molecule is CCc1cccc(NC(=O)CN(C)Cc2ccc(C(=O)NC)cc2)c1. The van der Waals surface area contributed by atoms with Crippen LogP contribution in [0.1, 0.15) is 28.4 Å². The molecular formula is C20H25N3O2. The summed E-state index contributed by atoms with van der Waals surface area (Å²) in [6.07, 6.45) is 0.940. The van der Waals surface area contributed by atoms with Gasteiger partial charge in [-0.1, -0.05) is 31.2 Å². The number of amides is 2. The predicted octanol–water partition coefficient (Wildman–Crippen LogP) is 2.68. The van der Waals surface area contributed by atoms with E-state index in [0.717, 1.165) is 17.7 Å². The molecule has 132 valence electrons. The summed E-state index contributed by atoms with van der Waals surface area (Å²) in [7, 11) is 3.51. The second kappa shape index (κ2) is 8.99. The van der Waals surface area contributed by atoms with Crippen LogP contribution in [0.3, 0.4) is 0 Å². The van der Waals surface area contributed by atoms with E-state index in [1.165, 1.54) is 5.56 Å². The molecule has 0 bridgehead atoms. The van der Waals surface area contributed by atoms with E-state index in [2.05, 4.69) is 17.6 Å². The first-order valence-corrected chi connectivity index (χ1v) is 8.40. The maximum atomic E-state index is 12.2. The molecule has 0 unspecified atom stereocenters. The van der Waals surface area contributed by atoms with Gasteiger partial charge in [-0.2, -0.15) is 0 Å². The van der Waals surface area contributed by atoms with Gasteiger partial charge in [0.05, 0.1) is 6.54 Å². The molecule has 0 aliphatic heterocycles. The van der Waals surface area contributed by atoms with E-state index >= 15 is 0 Å². The molecule has 0 radical (unpaired) electrons. The maximum absolute atomic E-state index is 12.2. The zero-order valence-electron chi connectivity index (χ0n) is 15.0. The highest BCUT2D eigenvalue weighted by Gasteiger charge is 2.09. The van der Waals surface area contributed by atoms with Gasteiger partial charge < -0.3 is 10.6 Å². The minimum absolute atomic E-state index is 0.0438. The molecule has 0 aliphatic carbocycles. The molecule has 2 aromatic carbocycles. The van der Waals surface area contributed by atoms with Gasteiger partial charge >= 0.3 is 0 Å². The van der Waals surface area contributed by atoms with E-state index in [0.29, 0.717) is 18.7 Å². The van der Waals surface area contributed by atoms with Crippen LogP contribution in [0.5, 0.6) is 0 Å². The molecule has 0 fully saturated rings. The van der Waals surface area contributed by atoms with E-state index in [1.54, 1.807) is 19.2 Å². The second-order valence-corrected chi connectivity index (χ2v) is 6.05. The van der Waals surface area contributed by atoms with Crippen LogP contribution in [0, 0.1) is 0 Å². The summed E-state index contributed by atoms with van der Waals surface area (Å²) in [5.74, 6) is -0.147. The molecule has 5 nitrogen and oxygen atoms in total. The van der Waals surface area contributed by atoms with Crippen molar-refractivity contribution in [1.82, 2.24) is 10.2 Å². The molecular weight excluding hydrogens is 314 g/mol. The Morgan fingerprint density at radius 1 is 1.04 bits per heavy atom. The summed E-state index contributed by atoms with van der Waals surface area (Å²) < 4.78 is 0. The number of nitrogens with zero attached hydrogens (tertiary/aromatic N) is 1. The van der Waals surface area contributed by atoms with E-state index in [-0.39, 0.29) is 11.8 Å². The number of aryl methyl sites for hydroxylation is 1. The van der Waals surface area contributed by atoms with Gasteiger partial charge in [0.25, 0.3) is 5.91 Å². The highest BCUT2D eigenvalue weighted by atomic mass is 16.2. The summed E-state index contributed by atoms with van der Waals surface area (Å²) in [6.45, 7) is 3.02. The van der Waals surface area contributed by atoms with Gasteiger partial charge in [-0.15, -0.1) is 0 Å². The van der Waals surface area contributed by atoms with Crippen LogP contribution >= 0.6 is 0 Å². The van der Waals surface area contributed by atoms with Crippen LogP contribution in [0.15, 0.2) is 48.5 Å². The molecule has 0 spiro atoms. The van der Waals surface area contributed by atoms with Gasteiger partial charge in [-0.3, -0.25) is 14.5 Å². The van der Waals surface area contributed by atoms with Crippen molar-refractivity contribution in [2.45, 2.75) is 19.9 Å². The minimum atomic E-state index is -0.103. The van der Waals surface area contributed by atoms with Crippen molar-refractivity contribution >= 4 is 17.5 Å². The summed E-state index contributed by atoms with van der Waals surface area (Å²) in [5, 5.41) is 5.53. The lowest BCUT2D eigenvalue weighted by Gasteiger charge is -2.17. The van der Waals surface area contributed by atoms with Gasteiger partial charge in [0, 0.05) is 24.8 Å². The highest BCUT2D eigenvalue weighted by Crippen LogP contribution is 2.11. The zero-order chi connectivity index (χ0) is 18.2. The third-order valence-electron chi connectivity index (χ3n) is 3.93. The van der Waals surface area contributed by atoms with Gasteiger partial charge in [0.15, 0.2) is 0 Å². The number of carbonyl (C=O) groups excluding carboxylic acids is 2. The standard InChI is InChI=1S/C20H25N3O2/c1-4-15-6-5-7-18(12-15)22-19(24)14-23(3)13-16-8-10-17(11-9-16)20(25)21-2/h5-12H,4,13-14H2,1-3H3,(H,21,25)(H,22,24). The van der Waals surface area contributed by atoms with Crippen molar-refractivity contribution < 1.29 is 9.59 Å². The van der Waals surface area contributed by atoms with E-state index in [4.69, 9.17) is 0 Å². The normalized spacial score (nSPS) is 10.6. The number of benzene rings is 2. The van der Waals surface area contributed by atoms with Crippen molar-refractivity contribution in [2.75, 3.05) is 26.0 Å². The third-order valence-corrected chi connectivity index (χ3v) is 3.93. The van der Waals surface area contributed by atoms with Crippen LogP contribution < -0.4 is 10.6 Å². The molecule has 0 saturated heterocycles. The number of hydrogen-bond acceptors (Lipinski definition) is 3. The van der Waals surface area contributed by atoms with Gasteiger partial charge in [-0.05, 0) is 48.9 Å². The Hall–Kier alpha value is -2.66. The van der Waals surface area contributed by atoms with E-state index in [9.17, 15) is 9.59 Å². The molecule has 5 heteroatoms. The van der Waals surface area contributed by atoms with Gasteiger partial charge in [0.1, 0.15) is 0 Å². The number of carbonyl (C=O) groups is 2.